The van der Waals surface area contributed by atoms with Gasteiger partial charge in [-0.2, -0.15) is 5.26 Å². The van der Waals surface area contributed by atoms with E-state index in [1.54, 1.807) is 6.92 Å². The SMILES string of the molecule is CCC(C)(C#N)NC(=O)Cc1cccc(C)c1. The van der Waals surface area contributed by atoms with Crippen molar-refractivity contribution in [2.75, 3.05) is 0 Å². The van der Waals surface area contributed by atoms with Crippen LogP contribution in [0.4, 0.5) is 0 Å². The van der Waals surface area contributed by atoms with Gasteiger partial charge in [-0.15, -0.1) is 0 Å². The first-order valence-electron chi connectivity index (χ1n) is 5.77. The molecule has 0 aliphatic heterocycles. The summed E-state index contributed by atoms with van der Waals surface area (Å²) < 4.78 is 0. The minimum Gasteiger partial charge on any atom is -0.338 e. The van der Waals surface area contributed by atoms with Gasteiger partial charge in [0.1, 0.15) is 5.54 Å². The van der Waals surface area contributed by atoms with Crippen molar-refractivity contribution >= 4 is 5.91 Å². The molecule has 0 radical (unpaired) electrons. The fourth-order valence-corrected chi connectivity index (χ4v) is 1.55. The molecule has 1 aromatic carbocycles. The van der Waals surface area contributed by atoms with Gasteiger partial charge in [0, 0.05) is 0 Å². The number of nitrogens with zero attached hydrogens (tertiary/aromatic N) is 1. The van der Waals surface area contributed by atoms with Gasteiger partial charge in [-0.05, 0) is 25.8 Å². The van der Waals surface area contributed by atoms with E-state index in [-0.39, 0.29) is 5.91 Å². The highest BCUT2D eigenvalue weighted by atomic mass is 16.1. The Bertz CT molecular complexity index is 448. The quantitative estimate of drug-likeness (QED) is 0.863. The predicted molar refractivity (Wildman–Crippen MR) is 67.3 cm³/mol. The Morgan fingerprint density at radius 1 is 1.53 bits per heavy atom. The lowest BCUT2D eigenvalue weighted by Gasteiger charge is -2.21. The first-order chi connectivity index (χ1) is 7.99. The van der Waals surface area contributed by atoms with Crippen LogP contribution in [-0.2, 0) is 11.2 Å². The Labute approximate surface area is 102 Å². The molecule has 0 aliphatic carbocycles. The zero-order chi connectivity index (χ0) is 12.9. The number of rotatable bonds is 4. The van der Waals surface area contributed by atoms with Crippen LogP contribution in [0.15, 0.2) is 24.3 Å². The Hall–Kier alpha value is -1.82. The third-order valence-electron chi connectivity index (χ3n) is 2.82. The summed E-state index contributed by atoms with van der Waals surface area (Å²) in [5, 5.41) is 11.7. The highest BCUT2D eigenvalue weighted by Gasteiger charge is 2.23. The maximum absolute atomic E-state index is 11.8. The molecule has 1 unspecified atom stereocenters. The zero-order valence-corrected chi connectivity index (χ0v) is 10.6. The lowest BCUT2D eigenvalue weighted by Crippen LogP contribution is -2.44. The molecule has 3 nitrogen and oxygen atoms in total. The average molecular weight is 230 g/mol. The van der Waals surface area contributed by atoms with Crippen molar-refractivity contribution in [3.05, 3.63) is 35.4 Å². The fourth-order valence-electron chi connectivity index (χ4n) is 1.55. The molecule has 17 heavy (non-hydrogen) atoms. The number of benzene rings is 1. The first-order valence-corrected chi connectivity index (χ1v) is 5.77. The van der Waals surface area contributed by atoms with Crippen LogP contribution in [0, 0.1) is 18.3 Å². The van der Waals surface area contributed by atoms with E-state index in [1.807, 2.05) is 38.1 Å². The highest BCUT2D eigenvalue weighted by Crippen LogP contribution is 2.09. The van der Waals surface area contributed by atoms with E-state index in [2.05, 4.69) is 11.4 Å². The molecule has 1 amide bonds. The topological polar surface area (TPSA) is 52.9 Å². The van der Waals surface area contributed by atoms with E-state index in [0.717, 1.165) is 11.1 Å². The predicted octanol–water partition coefficient (Wildman–Crippen LogP) is 2.35. The molecular formula is C14H18N2O. The summed E-state index contributed by atoms with van der Waals surface area (Å²) in [6.45, 7) is 5.62. The second-order valence-corrected chi connectivity index (χ2v) is 4.51. The van der Waals surface area contributed by atoms with Crippen molar-refractivity contribution in [1.29, 1.82) is 5.26 Å². The summed E-state index contributed by atoms with van der Waals surface area (Å²) in [4.78, 5) is 11.8. The number of carbonyl (C=O) groups excluding carboxylic acids is 1. The molecule has 0 aliphatic rings. The van der Waals surface area contributed by atoms with E-state index >= 15 is 0 Å². The van der Waals surface area contributed by atoms with E-state index in [0.29, 0.717) is 12.8 Å². The van der Waals surface area contributed by atoms with Gasteiger partial charge in [0.2, 0.25) is 5.91 Å². The van der Waals surface area contributed by atoms with E-state index < -0.39 is 5.54 Å². The standard InChI is InChI=1S/C14H18N2O/c1-4-14(3,10-15)16-13(17)9-12-7-5-6-11(2)8-12/h5-8H,4,9H2,1-3H3,(H,16,17). The van der Waals surface area contributed by atoms with Crippen LogP contribution in [-0.4, -0.2) is 11.4 Å². The maximum Gasteiger partial charge on any atom is 0.225 e. The number of amides is 1. The average Bonchev–Trinajstić information content (AvgIpc) is 2.28. The minimum absolute atomic E-state index is 0.110. The van der Waals surface area contributed by atoms with Gasteiger partial charge < -0.3 is 5.32 Å². The number of aryl methyl sites for hydroxylation is 1. The molecule has 0 spiro atoms. The molecule has 0 saturated carbocycles. The number of hydrogen-bond acceptors (Lipinski definition) is 2. The Morgan fingerprint density at radius 2 is 2.24 bits per heavy atom. The normalized spacial score (nSPS) is 13.5. The van der Waals surface area contributed by atoms with E-state index in [4.69, 9.17) is 5.26 Å². The summed E-state index contributed by atoms with van der Waals surface area (Å²) in [6, 6.07) is 9.95. The third kappa shape index (κ3) is 3.92. The van der Waals surface area contributed by atoms with Crippen LogP contribution >= 0.6 is 0 Å². The smallest absolute Gasteiger partial charge is 0.225 e. The molecule has 1 aromatic rings. The van der Waals surface area contributed by atoms with Gasteiger partial charge in [-0.3, -0.25) is 4.79 Å². The Balaban J connectivity index is 2.65. The van der Waals surface area contributed by atoms with Gasteiger partial charge in [0.05, 0.1) is 12.5 Å². The van der Waals surface area contributed by atoms with Crippen molar-refractivity contribution in [3.8, 4) is 6.07 Å². The molecule has 90 valence electrons. The van der Waals surface area contributed by atoms with E-state index in [1.165, 1.54) is 0 Å². The van der Waals surface area contributed by atoms with Crippen LogP contribution in [0.3, 0.4) is 0 Å². The molecule has 0 aromatic heterocycles. The number of carbonyl (C=O) groups is 1. The highest BCUT2D eigenvalue weighted by molar-refractivity contribution is 5.79. The van der Waals surface area contributed by atoms with Crippen molar-refractivity contribution in [2.24, 2.45) is 0 Å². The Morgan fingerprint density at radius 3 is 2.76 bits per heavy atom. The van der Waals surface area contributed by atoms with E-state index in [9.17, 15) is 4.79 Å². The Kier molecular flexibility index (Phi) is 4.28. The van der Waals surface area contributed by atoms with Crippen LogP contribution in [0.1, 0.15) is 31.4 Å². The molecular weight excluding hydrogens is 212 g/mol. The van der Waals surface area contributed by atoms with Gasteiger partial charge in [-0.25, -0.2) is 0 Å². The van der Waals surface area contributed by atoms with Gasteiger partial charge in [-0.1, -0.05) is 36.8 Å². The summed E-state index contributed by atoms with van der Waals surface area (Å²) in [5.74, 6) is -0.110. The van der Waals surface area contributed by atoms with Crippen molar-refractivity contribution in [3.63, 3.8) is 0 Å². The molecule has 1 rings (SSSR count). The second kappa shape index (κ2) is 5.49. The summed E-state index contributed by atoms with van der Waals surface area (Å²) >= 11 is 0. The summed E-state index contributed by atoms with van der Waals surface area (Å²) in [7, 11) is 0. The van der Waals surface area contributed by atoms with Crippen LogP contribution < -0.4 is 5.32 Å². The number of nitriles is 1. The van der Waals surface area contributed by atoms with Crippen molar-refractivity contribution in [2.45, 2.75) is 39.2 Å². The molecule has 3 heteroatoms. The van der Waals surface area contributed by atoms with Crippen LogP contribution in [0.25, 0.3) is 0 Å². The first kappa shape index (κ1) is 13.2. The van der Waals surface area contributed by atoms with Gasteiger partial charge >= 0.3 is 0 Å². The molecule has 0 bridgehead atoms. The van der Waals surface area contributed by atoms with Crippen LogP contribution in [0.2, 0.25) is 0 Å². The number of hydrogen-bond donors (Lipinski definition) is 1. The lowest BCUT2D eigenvalue weighted by molar-refractivity contribution is -0.121. The van der Waals surface area contributed by atoms with Crippen molar-refractivity contribution < 1.29 is 4.79 Å². The van der Waals surface area contributed by atoms with Crippen molar-refractivity contribution in [1.82, 2.24) is 5.32 Å². The summed E-state index contributed by atoms with van der Waals surface area (Å²) in [5.41, 5.74) is 1.34. The zero-order valence-electron chi connectivity index (χ0n) is 10.6. The summed E-state index contributed by atoms with van der Waals surface area (Å²) in [6.07, 6.45) is 0.919. The largest absolute Gasteiger partial charge is 0.338 e. The monoisotopic (exact) mass is 230 g/mol. The number of nitrogens with one attached hydrogen (secondary N) is 1. The lowest BCUT2D eigenvalue weighted by atomic mass is 10.0. The molecule has 0 saturated heterocycles. The van der Waals surface area contributed by atoms with Gasteiger partial charge in [0.15, 0.2) is 0 Å². The molecule has 0 fully saturated rings. The molecule has 1 atom stereocenters. The van der Waals surface area contributed by atoms with Crippen LogP contribution in [0.5, 0.6) is 0 Å². The second-order valence-electron chi connectivity index (χ2n) is 4.51. The third-order valence-corrected chi connectivity index (χ3v) is 2.82. The minimum atomic E-state index is -0.763. The molecule has 0 heterocycles. The maximum atomic E-state index is 11.8. The fraction of sp³-hybridized carbons (Fsp3) is 0.429. The van der Waals surface area contributed by atoms with Gasteiger partial charge in [0.25, 0.3) is 0 Å². The molecule has 1 N–H and O–H groups in total.